The summed E-state index contributed by atoms with van der Waals surface area (Å²) in [6.45, 7) is 8.80. The number of carbonyl (C=O) groups is 2. The van der Waals surface area contributed by atoms with E-state index in [1.807, 2.05) is 76.5 Å². The average molecular weight is 661 g/mol. The molecule has 248 valence electrons. The Kier molecular flexibility index (Phi) is 6.83. The summed E-state index contributed by atoms with van der Waals surface area (Å²) in [6, 6.07) is 11.5. The number of guanidine groups is 2. The number of aliphatic imine (C=N–C) groups is 4. The number of nitrogens with zero attached hydrogens (tertiary/aromatic N) is 8. The minimum Gasteiger partial charge on any atom is -0.325 e. The van der Waals surface area contributed by atoms with Crippen molar-refractivity contribution in [3.8, 4) is 0 Å². The van der Waals surface area contributed by atoms with Gasteiger partial charge >= 0.3 is 11.7 Å². The maximum Gasteiger partial charge on any atom is 0.301 e. The monoisotopic (exact) mass is 660 g/mol. The normalized spacial score (nSPS) is 25.8. The first-order chi connectivity index (χ1) is 23.5. The SMILES string of the molecule is CC1(C)C(=O)Nc2cc(NC3=N[N+]4(NCCCN[N+]56C=CN=CC5=NC(Nc5ccc7c(c5)NC(=O)C7(C)C)=N6)C=CN=CC4=N3)ccc21. The molecule has 16 nitrogen and oxygen atoms in total. The Hall–Kier alpha value is -5.68. The van der Waals surface area contributed by atoms with Crippen molar-refractivity contribution in [1.82, 2.24) is 10.9 Å². The van der Waals surface area contributed by atoms with Crippen molar-refractivity contribution in [2.45, 2.75) is 44.9 Å². The van der Waals surface area contributed by atoms with Crippen LogP contribution in [0.4, 0.5) is 22.7 Å². The number of quaternary nitrogens is 2. The van der Waals surface area contributed by atoms with E-state index >= 15 is 0 Å². The fraction of sp³-hybridized carbons (Fsp3) is 0.273. The van der Waals surface area contributed by atoms with Crippen LogP contribution < -0.4 is 32.1 Å². The highest BCUT2D eigenvalue weighted by atomic mass is 16.2. The van der Waals surface area contributed by atoms with Gasteiger partial charge in [0.05, 0.1) is 23.2 Å². The van der Waals surface area contributed by atoms with Gasteiger partial charge in [-0.2, -0.15) is 0 Å². The Morgan fingerprint density at radius 1 is 0.673 bits per heavy atom. The maximum atomic E-state index is 12.4. The van der Waals surface area contributed by atoms with Crippen molar-refractivity contribution >= 4 is 70.6 Å². The number of benzene rings is 2. The van der Waals surface area contributed by atoms with Crippen LogP contribution in [0.2, 0.25) is 0 Å². The molecular formula is C33H36N14O2+2. The van der Waals surface area contributed by atoms with Crippen LogP contribution in [0.3, 0.4) is 0 Å². The van der Waals surface area contributed by atoms with E-state index < -0.39 is 10.8 Å². The molecule has 6 N–H and O–H groups in total. The van der Waals surface area contributed by atoms with Crippen molar-refractivity contribution in [3.05, 3.63) is 72.3 Å². The Morgan fingerprint density at radius 2 is 1.12 bits per heavy atom. The van der Waals surface area contributed by atoms with Crippen molar-refractivity contribution in [1.29, 1.82) is 0 Å². The highest BCUT2D eigenvalue weighted by Gasteiger charge is 2.44. The molecule has 2 aromatic rings. The molecule has 2 amide bonds. The Labute approximate surface area is 282 Å². The third kappa shape index (κ3) is 5.08. The molecule has 0 fully saturated rings. The number of fused-ring (bicyclic) bond motifs is 4. The lowest BCUT2D eigenvalue weighted by atomic mass is 9.86. The molecule has 6 aliphatic heterocycles. The Balaban J connectivity index is 0.904. The van der Waals surface area contributed by atoms with Gasteiger partial charge in [-0.05, 0) is 89.1 Å². The fourth-order valence-corrected chi connectivity index (χ4v) is 6.39. The van der Waals surface area contributed by atoms with Crippen molar-refractivity contribution in [2.75, 3.05) is 34.4 Å². The second-order valence-corrected chi connectivity index (χ2v) is 13.4. The van der Waals surface area contributed by atoms with Gasteiger partial charge in [-0.15, -0.1) is 20.8 Å². The van der Waals surface area contributed by atoms with E-state index in [1.54, 1.807) is 24.8 Å². The molecule has 0 aromatic heterocycles. The van der Waals surface area contributed by atoms with Gasteiger partial charge in [0.25, 0.3) is 11.9 Å². The maximum absolute atomic E-state index is 12.4. The van der Waals surface area contributed by atoms with Crippen LogP contribution in [0.25, 0.3) is 0 Å². The average Bonchev–Trinajstić information content (AvgIpc) is 3.74. The van der Waals surface area contributed by atoms with Crippen LogP contribution in [0.5, 0.6) is 0 Å². The number of hydrogen-bond donors (Lipinski definition) is 6. The summed E-state index contributed by atoms with van der Waals surface area (Å²) in [4.78, 5) is 42.7. The number of amidine groups is 2. The van der Waals surface area contributed by atoms with E-state index in [9.17, 15) is 9.59 Å². The van der Waals surface area contributed by atoms with Crippen LogP contribution >= 0.6 is 0 Å². The zero-order valence-corrected chi connectivity index (χ0v) is 27.4. The summed E-state index contributed by atoms with van der Waals surface area (Å²) in [5, 5.41) is 22.1. The summed E-state index contributed by atoms with van der Waals surface area (Å²) in [5.74, 6) is 2.02. The van der Waals surface area contributed by atoms with Crippen LogP contribution in [-0.4, -0.2) is 70.3 Å². The molecule has 2 aromatic carbocycles. The molecule has 0 saturated heterocycles. The molecule has 2 unspecified atom stereocenters. The topological polar surface area (TPSA) is 180 Å². The molecule has 2 atom stereocenters. The number of hydrogen-bond acceptors (Lipinski definition) is 12. The predicted octanol–water partition coefficient (Wildman–Crippen LogP) is 3.18. The van der Waals surface area contributed by atoms with E-state index in [1.165, 1.54) is 0 Å². The van der Waals surface area contributed by atoms with Crippen molar-refractivity contribution < 1.29 is 19.0 Å². The first-order valence-electron chi connectivity index (χ1n) is 16.0. The van der Waals surface area contributed by atoms with E-state index in [4.69, 9.17) is 10.2 Å². The number of carbonyl (C=O) groups excluding carboxylic acids is 2. The van der Waals surface area contributed by atoms with Gasteiger partial charge in [0.2, 0.25) is 11.8 Å². The third-order valence-electron chi connectivity index (χ3n) is 9.35. The van der Waals surface area contributed by atoms with Gasteiger partial charge in [-0.25, -0.2) is 0 Å². The minimum absolute atomic E-state index is 0.0253. The highest BCUT2D eigenvalue weighted by molar-refractivity contribution is 6.31. The lowest BCUT2D eigenvalue weighted by molar-refractivity contribution is -0.842. The van der Waals surface area contributed by atoms with Gasteiger partial charge < -0.3 is 21.3 Å². The van der Waals surface area contributed by atoms with E-state index in [-0.39, 0.29) is 21.2 Å². The summed E-state index contributed by atoms with van der Waals surface area (Å²) in [5.41, 5.74) is 10.8. The fourth-order valence-electron chi connectivity index (χ4n) is 6.39. The molecule has 0 bridgehead atoms. The van der Waals surface area contributed by atoms with Crippen molar-refractivity contribution in [3.63, 3.8) is 0 Å². The van der Waals surface area contributed by atoms with Crippen LogP contribution in [-0.2, 0) is 20.4 Å². The van der Waals surface area contributed by atoms with Gasteiger partial charge in [0.15, 0.2) is 12.4 Å². The standard InChI is InChI=1S/C33H34N14O2/c1-32(2)22-8-6-20(16-24(22)40-28(32)48)38-30-42-26-18-34-12-14-46(26,44-30)36-10-5-11-37-47-15-13-35-19-27(47)43-31(45-47)39-21-7-9-23-25(17-21)41-29(49)33(23,3)4/h6-9,12-19,36-37H,5,10-11H2,1-4H3,(H2-2,38,39,40,41,44,45,48,49)/p+2. The summed E-state index contributed by atoms with van der Waals surface area (Å²) >= 11 is 0. The second kappa shape index (κ2) is 10.9. The van der Waals surface area contributed by atoms with Crippen molar-refractivity contribution in [2.24, 2.45) is 30.2 Å². The largest absolute Gasteiger partial charge is 0.325 e. The van der Waals surface area contributed by atoms with Gasteiger partial charge in [-0.1, -0.05) is 12.1 Å². The van der Waals surface area contributed by atoms with Crippen LogP contribution in [0, 0.1) is 0 Å². The minimum atomic E-state index is -0.576. The lowest BCUT2D eigenvalue weighted by Gasteiger charge is -2.25. The zero-order chi connectivity index (χ0) is 34.0. The van der Waals surface area contributed by atoms with Gasteiger partial charge in [0, 0.05) is 35.8 Å². The summed E-state index contributed by atoms with van der Waals surface area (Å²) in [6.07, 6.45) is 11.1. The predicted molar refractivity (Wildman–Crippen MR) is 190 cm³/mol. The quantitative estimate of drug-likeness (QED) is 0.187. The first-order valence-corrected chi connectivity index (χ1v) is 16.0. The molecule has 16 heteroatoms. The molecule has 0 spiro atoms. The number of anilines is 4. The first kappa shape index (κ1) is 30.6. The Bertz CT molecular complexity index is 1920. The molecule has 8 rings (SSSR count). The third-order valence-corrected chi connectivity index (χ3v) is 9.35. The van der Waals surface area contributed by atoms with Crippen LogP contribution in [0.1, 0.15) is 45.2 Å². The smallest absolute Gasteiger partial charge is 0.301 e. The molecule has 0 radical (unpaired) electrons. The van der Waals surface area contributed by atoms with Crippen LogP contribution in [0.15, 0.2) is 91.4 Å². The molecular weight excluding hydrogens is 624 g/mol. The second-order valence-electron chi connectivity index (χ2n) is 13.4. The van der Waals surface area contributed by atoms with Gasteiger partial charge in [-0.3, -0.25) is 19.6 Å². The molecule has 0 saturated carbocycles. The van der Waals surface area contributed by atoms with Gasteiger partial charge in [0.1, 0.15) is 12.4 Å². The molecule has 0 aliphatic carbocycles. The summed E-state index contributed by atoms with van der Waals surface area (Å²) < 4.78 is -0.0745. The Morgan fingerprint density at radius 3 is 1.57 bits per heavy atom. The molecule has 6 aliphatic rings. The van der Waals surface area contributed by atoms with E-state index in [0.717, 1.165) is 33.9 Å². The number of rotatable bonds is 8. The van der Waals surface area contributed by atoms with E-state index in [0.29, 0.717) is 43.1 Å². The summed E-state index contributed by atoms with van der Waals surface area (Å²) in [7, 11) is 0. The molecule has 6 heterocycles. The van der Waals surface area contributed by atoms with E-state index in [2.05, 4.69) is 52.1 Å². The molecule has 49 heavy (non-hydrogen) atoms. The lowest BCUT2D eigenvalue weighted by Crippen LogP contribution is -2.56. The highest BCUT2D eigenvalue weighted by Crippen LogP contribution is 2.40. The zero-order valence-electron chi connectivity index (χ0n) is 27.4. The number of nitrogens with one attached hydrogen (secondary N) is 6. The number of amides is 2.